The number of aromatic nitrogens is 1. The number of nitrogens with one attached hydrogen (secondary N) is 2. The minimum absolute atomic E-state index is 0.0370. The summed E-state index contributed by atoms with van der Waals surface area (Å²) in [4.78, 5) is 25.5. The van der Waals surface area contributed by atoms with Gasteiger partial charge in [0.1, 0.15) is 5.69 Å². The van der Waals surface area contributed by atoms with Crippen molar-refractivity contribution in [2.75, 3.05) is 32.7 Å². The first-order valence-corrected chi connectivity index (χ1v) is 7.52. The number of rotatable bonds is 6. The van der Waals surface area contributed by atoms with E-state index in [1.165, 1.54) is 0 Å². The van der Waals surface area contributed by atoms with Crippen LogP contribution in [0.5, 0.6) is 0 Å². The number of hydrogen-bond donors (Lipinski definition) is 2. The van der Waals surface area contributed by atoms with Crippen molar-refractivity contribution in [2.24, 2.45) is 0 Å². The molecule has 1 saturated heterocycles. The van der Waals surface area contributed by atoms with Gasteiger partial charge in [0.15, 0.2) is 0 Å². The molecule has 0 spiro atoms. The minimum Gasteiger partial charge on any atom is -0.354 e. The average molecular weight is 292 g/mol. The molecule has 2 heterocycles. The molecular formula is C15H24N4O2. The molecule has 0 radical (unpaired) electrons. The first-order chi connectivity index (χ1) is 10.1. The molecule has 21 heavy (non-hydrogen) atoms. The van der Waals surface area contributed by atoms with Gasteiger partial charge in [-0.25, -0.2) is 0 Å². The maximum atomic E-state index is 12.1. The van der Waals surface area contributed by atoms with Crippen molar-refractivity contribution in [3.8, 4) is 0 Å². The van der Waals surface area contributed by atoms with Crippen LogP contribution in [-0.4, -0.2) is 54.0 Å². The molecule has 0 aliphatic carbocycles. The van der Waals surface area contributed by atoms with Crippen molar-refractivity contribution in [3.05, 3.63) is 24.0 Å². The van der Waals surface area contributed by atoms with E-state index < -0.39 is 0 Å². The number of piperazine rings is 1. The predicted octanol–water partition coefficient (Wildman–Crippen LogP) is 0.621. The van der Waals surface area contributed by atoms with Gasteiger partial charge < -0.3 is 15.2 Å². The zero-order chi connectivity index (χ0) is 15.2. The van der Waals surface area contributed by atoms with E-state index in [0.717, 1.165) is 19.5 Å². The van der Waals surface area contributed by atoms with Gasteiger partial charge >= 0.3 is 0 Å². The highest BCUT2D eigenvalue weighted by Gasteiger charge is 2.16. The zero-order valence-electron chi connectivity index (χ0n) is 12.8. The average Bonchev–Trinajstić information content (AvgIpc) is 2.93. The number of nitrogens with zero attached hydrogens (tertiary/aromatic N) is 2. The third-order valence-corrected chi connectivity index (χ3v) is 3.62. The molecule has 2 rings (SSSR count). The summed E-state index contributed by atoms with van der Waals surface area (Å²) in [5.41, 5.74) is 0.697. The molecular weight excluding hydrogens is 268 g/mol. The van der Waals surface area contributed by atoms with Crippen LogP contribution < -0.4 is 10.6 Å². The lowest BCUT2D eigenvalue weighted by molar-refractivity contribution is -0.124. The Hall–Kier alpha value is -1.82. The summed E-state index contributed by atoms with van der Waals surface area (Å²) in [5.74, 6) is 0.0464. The lowest BCUT2D eigenvalue weighted by Gasteiger charge is -2.26. The first kappa shape index (κ1) is 15.6. The lowest BCUT2D eigenvalue weighted by atomic mass is 10.3. The molecule has 0 aromatic carbocycles. The second-order valence-electron chi connectivity index (χ2n) is 5.63. The van der Waals surface area contributed by atoms with Crippen LogP contribution in [0.25, 0.3) is 0 Å². The van der Waals surface area contributed by atoms with Crippen LogP contribution in [0.3, 0.4) is 0 Å². The molecule has 1 fully saturated rings. The van der Waals surface area contributed by atoms with Crippen LogP contribution in [0.2, 0.25) is 0 Å². The van der Waals surface area contributed by atoms with Crippen molar-refractivity contribution in [2.45, 2.75) is 26.3 Å². The van der Waals surface area contributed by atoms with Crippen molar-refractivity contribution in [1.29, 1.82) is 0 Å². The molecule has 0 unspecified atom stereocenters. The van der Waals surface area contributed by atoms with Gasteiger partial charge in [-0.15, -0.1) is 0 Å². The fourth-order valence-electron chi connectivity index (χ4n) is 2.51. The lowest BCUT2D eigenvalue weighted by Crippen LogP contribution is -2.48. The molecule has 2 N–H and O–H groups in total. The van der Waals surface area contributed by atoms with Crippen molar-refractivity contribution >= 4 is 11.8 Å². The Balaban J connectivity index is 1.72. The van der Waals surface area contributed by atoms with E-state index in [9.17, 15) is 9.59 Å². The molecule has 1 aliphatic rings. The Bertz CT molecular complexity index is 496. The molecule has 6 heteroatoms. The van der Waals surface area contributed by atoms with E-state index in [1.807, 2.05) is 22.9 Å². The van der Waals surface area contributed by atoms with Gasteiger partial charge in [0.2, 0.25) is 5.91 Å². The summed E-state index contributed by atoms with van der Waals surface area (Å²) >= 11 is 0. The normalized spacial score (nSPS) is 16.0. The maximum Gasteiger partial charge on any atom is 0.267 e. The number of hydrogen-bond acceptors (Lipinski definition) is 3. The third kappa shape index (κ3) is 4.32. The number of amides is 2. The highest BCUT2D eigenvalue weighted by atomic mass is 16.2. The van der Waals surface area contributed by atoms with Gasteiger partial charge in [-0.2, -0.15) is 0 Å². The van der Waals surface area contributed by atoms with Gasteiger partial charge in [-0.1, -0.05) is 0 Å². The van der Waals surface area contributed by atoms with Crippen LogP contribution in [0.4, 0.5) is 0 Å². The van der Waals surface area contributed by atoms with Crippen LogP contribution in [0.15, 0.2) is 18.3 Å². The second-order valence-corrected chi connectivity index (χ2v) is 5.63. The smallest absolute Gasteiger partial charge is 0.267 e. The quantitative estimate of drug-likeness (QED) is 0.755. The van der Waals surface area contributed by atoms with E-state index in [0.29, 0.717) is 25.3 Å². The van der Waals surface area contributed by atoms with Crippen LogP contribution in [0.1, 0.15) is 36.8 Å². The van der Waals surface area contributed by atoms with Crippen molar-refractivity contribution in [1.82, 2.24) is 20.1 Å². The highest BCUT2D eigenvalue weighted by molar-refractivity contribution is 5.92. The zero-order valence-corrected chi connectivity index (χ0v) is 12.8. The fraction of sp³-hybridized carbons (Fsp3) is 0.600. The molecule has 0 saturated carbocycles. The fourth-order valence-corrected chi connectivity index (χ4v) is 2.51. The maximum absolute atomic E-state index is 12.1. The third-order valence-electron chi connectivity index (χ3n) is 3.62. The van der Waals surface area contributed by atoms with Crippen LogP contribution in [-0.2, 0) is 4.79 Å². The topological polar surface area (TPSA) is 66.4 Å². The van der Waals surface area contributed by atoms with Gasteiger partial charge in [-0.05, 0) is 32.4 Å². The molecule has 0 atom stereocenters. The van der Waals surface area contributed by atoms with E-state index in [1.54, 1.807) is 0 Å². The molecule has 1 aliphatic heterocycles. The van der Waals surface area contributed by atoms with Crippen molar-refractivity contribution < 1.29 is 9.59 Å². The van der Waals surface area contributed by atoms with Gasteiger partial charge in [0.05, 0.1) is 6.54 Å². The summed E-state index contributed by atoms with van der Waals surface area (Å²) in [5, 5.41) is 5.75. The van der Waals surface area contributed by atoms with Crippen molar-refractivity contribution in [3.63, 3.8) is 0 Å². The molecule has 6 nitrogen and oxygen atoms in total. The van der Waals surface area contributed by atoms with E-state index in [2.05, 4.69) is 29.4 Å². The summed E-state index contributed by atoms with van der Waals surface area (Å²) < 4.78 is 1.96. The molecule has 1 aromatic heterocycles. The second kappa shape index (κ2) is 7.26. The summed E-state index contributed by atoms with van der Waals surface area (Å²) in [6, 6.07) is 4.00. The Morgan fingerprint density at radius 3 is 3.00 bits per heavy atom. The van der Waals surface area contributed by atoms with E-state index in [-0.39, 0.29) is 17.9 Å². The first-order valence-electron chi connectivity index (χ1n) is 7.52. The Morgan fingerprint density at radius 1 is 1.48 bits per heavy atom. The summed E-state index contributed by atoms with van der Waals surface area (Å²) in [7, 11) is 0. The highest BCUT2D eigenvalue weighted by Crippen LogP contribution is 2.10. The standard InChI is InChI=1S/C15H24N4O2/c1-12(2)19-9-3-5-13(19)15(21)17-6-4-8-18-10-7-16-14(20)11-18/h3,5,9,12H,4,6-8,10-11H2,1-2H3,(H,16,20)(H,17,21). The summed E-state index contributed by atoms with van der Waals surface area (Å²) in [6.45, 7) is 7.63. The monoisotopic (exact) mass is 292 g/mol. The Morgan fingerprint density at radius 2 is 2.29 bits per heavy atom. The predicted molar refractivity (Wildman–Crippen MR) is 81.2 cm³/mol. The molecule has 116 valence electrons. The van der Waals surface area contributed by atoms with Crippen LogP contribution >= 0.6 is 0 Å². The van der Waals surface area contributed by atoms with E-state index in [4.69, 9.17) is 0 Å². The Labute approximate surface area is 125 Å². The molecule has 1 aromatic rings. The van der Waals surface area contributed by atoms with Gasteiger partial charge in [-0.3, -0.25) is 14.5 Å². The molecule has 2 amide bonds. The number of carbonyl (C=O) groups excluding carboxylic acids is 2. The Kier molecular flexibility index (Phi) is 5.38. The minimum atomic E-state index is -0.0370. The van der Waals surface area contributed by atoms with Gasteiger partial charge in [0.25, 0.3) is 5.91 Å². The largest absolute Gasteiger partial charge is 0.354 e. The van der Waals surface area contributed by atoms with Gasteiger partial charge in [0, 0.05) is 38.4 Å². The van der Waals surface area contributed by atoms with E-state index >= 15 is 0 Å². The van der Waals surface area contributed by atoms with Crippen LogP contribution in [0, 0.1) is 0 Å². The molecule has 0 bridgehead atoms. The summed E-state index contributed by atoms with van der Waals surface area (Å²) in [6.07, 6.45) is 2.77. The number of carbonyl (C=O) groups is 2. The SMILES string of the molecule is CC(C)n1cccc1C(=O)NCCCN1CCNC(=O)C1.